The van der Waals surface area contributed by atoms with Crippen LogP contribution in [0.3, 0.4) is 0 Å². The van der Waals surface area contributed by atoms with E-state index in [4.69, 9.17) is 0 Å². The average Bonchev–Trinajstić information content (AvgIpc) is 3.32. The number of nitrogens with zero attached hydrogens (tertiary/aromatic N) is 2. The molecule has 2 aliphatic heterocycles. The molecule has 0 aliphatic carbocycles. The molecular weight excluding hydrogens is 344 g/mol. The first-order chi connectivity index (χ1) is 12.6. The maximum atomic E-state index is 13.2. The van der Waals surface area contributed by atoms with Crippen LogP contribution in [0.15, 0.2) is 47.3 Å². The average molecular weight is 366 g/mol. The van der Waals surface area contributed by atoms with Crippen LogP contribution in [0.1, 0.15) is 55.0 Å². The second-order valence-corrected chi connectivity index (χ2v) is 7.67. The van der Waals surface area contributed by atoms with Gasteiger partial charge in [-0.3, -0.25) is 9.59 Å². The van der Waals surface area contributed by atoms with Gasteiger partial charge in [0, 0.05) is 19.7 Å². The molecule has 1 saturated heterocycles. The van der Waals surface area contributed by atoms with Gasteiger partial charge in [0.2, 0.25) is 11.8 Å². The van der Waals surface area contributed by atoms with Crippen LogP contribution in [0, 0.1) is 0 Å². The van der Waals surface area contributed by atoms with Crippen LogP contribution >= 0.6 is 11.3 Å². The van der Waals surface area contributed by atoms with Gasteiger partial charge in [0.1, 0.15) is 0 Å². The summed E-state index contributed by atoms with van der Waals surface area (Å²) in [5.41, 5.74) is 3.36. The van der Waals surface area contributed by atoms with Gasteiger partial charge in [0.05, 0.1) is 18.5 Å². The third kappa shape index (κ3) is 3.07. The van der Waals surface area contributed by atoms with Gasteiger partial charge in [-0.1, -0.05) is 24.3 Å². The molecule has 0 spiro atoms. The fourth-order valence-electron chi connectivity index (χ4n) is 4.07. The fraction of sp³-hybridized carbons (Fsp3) is 0.333. The summed E-state index contributed by atoms with van der Waals surface area (Å²) in [5.74, 6) is 0.0874. The van der Waals surface area contributed by atoms with Crippen molar-refractivity contribution < 1.29 is 9.59 Å². The molecule has 2 unspecified atom stereocenters. The minimum absolute atomic E-state index is 0.0376. The van der Waals surface area contributed by atoms with Crippen LogP contribution in [0.4, 0.5) is 0 Å². The van der Waals surface area contributed by atoms with Crippen molar-refractivity contribution in [1.82, 2.24) is 9.80 Å². The molecule has 26 heavy (non-hydrogen) atoms. The number of fused-ring (bicyclic) bond motifs is 1. The third-order valence-corrected chi connectivity index (χ3v) is 6.04. The maximum absolute atomic E-state index is 13.2. The first-order valence-electron chi connectivity index (χ1n) is 9.03. The molecule has 4 nitrogen and oxygen atoms in total. The second-order valence-electron chi connectivity index (χ2n) is 6.89. The van der Waals surface area contributed by atoms with Crippen LogP contribution in [0.2, 0.25) is 0 Å². The molecule has 1 fully saturated rings. The molecular formula is C21H22N2O2S. The largest absolute Gasteiger partial charge is 0.336 e. The highest BCUT2D eigenvalue weighted by Crippen LogP contribution is 2.37. The number of benzene rings is 1. The summed E-state index contributed by atoms with van der Waals surface area (Å²) in [5, 5.41) is 4.20. The van der Waals surface area contributed by atoms with Crippen LogP contribution in [0.5, 0.6) is 0 Å². The predicted molar refractivity (Wildman–Crippen MR) is 103 cm³/mol. The first-order valence-corrected chi connectivity index (χ1v) is 9.97. The number of amides is 2. The number of carbonyl (C=O) groups excluding carboxylic acids is 2. The lowest BCUT2D eigenvalue weighted by Crippen LogP contribution is -2.37. The summed E-state index contributed by atoms with van der Waals surface area (Å²) in [6.45, 7) is 2.35. The van der Waals surface area contributed by atoms with Crippen molar-refractivity contribution in [2.24, 2.45) is 0 Å². The summed E-state index contributed by atoms with van der Waals surface area (Å²) in [6, 6.07) is 10.1. The van der Waals surface area contributed by atoms with Gasteiger partial charge in [-0.25, -0.2) is 0 Å². The van der Waals surface area contributed by atoms with Gasteiger partial charge in [0.15, 0.2) is 0 Å². The lowest BCUT2D eigenvalue weighted by atomic mass is 9.93. The standard InChI is InChI=1S/C21H22N2O2S/c1-15(24)22-11-8-16-5-2-3-6-18(16)20(22)13-21(25)23-10-4-7-19(23)17-9-12-26-14-17/h2-3,5-6,8-9,11-12,14,19-20H,4,7,10,13H2,1H3. The first kappa shape index (κ1) is 17.0. The fourth-order valence-corrected chi connectivity index (χ4v) is 4.78. The van der Waals surface area contributed by atoms with E-state index in [2.05, 4.69) is 16.8 Å². The molecule has 134 valence electrons. The minimum Gasteiger partial charge on any atom is -0.336 e. The Bertz CT molecular complexity index is 843. The smallest absolute Gasteiger partial charge is 0.225 e. The van der Waals surface area contributed by atoms with Crippen molar-refractivity contribution in [3.63, 3.8) is 0 Å². The van der Waals surface area contributed by atoms with E-state index < -0.39 is 0 Å². The molecule has 5 heteroatoms. The van der Waals surface area contributed by atoms with Gasteiger partial charge >= 0.3 is 0 Å². The van der Waals surface area contributed by atoms with E-state index in [1.807, 2.05) is 41.4 Å². The molecule has 4 rings (SSSR count). The lowest BCUT2D eigenvalue weighted by Gasteiger charge is -2.34. The Hall–Kier alpha value is -2.40. The van der Waals surface area contributed by atoms with E-state index >= 15 is 0 Å². The van der Waals surface area contributed by atoms with Gasteiger partial charge in [-0.15, -0.1) is 0 Å². The highest BCUT2D eigenvalue weighted by Gasteiger charge is 2.34. The van der Waals surface area contributed by atoms with Gasteiger partial charge in [0.25, 0.3) is 0 Å². The molecule has 3 heterocycles. The van der Waals surface area contributed by atoms with Crippen LogP contribution < -0.4 is 0 Å². The highest BCUT2D eigenvalue weighted by molar-refractivity contribution is 7.08. The van der Waals surface area contributed by atoms with Crippen molar-refractivity contribution >= 4 is 29.2 Å². The zero-order valence-electron chi connectivity index (χ0n) is 14.8. The highest BCUT2D eigenvalue weighted by atomic mass is 32.1. The SMILES string of the molecule is CC(=O)N1C=Cc2ccccc2C1CC(=O)N1CCCC1c1ccsc1. The zero-order chi connectivity index (χ0) is 18.1. The molecule has 2 aliphatic rings. The molecule has 0 bridgehead atoms. The number of hydrogen-bond acceptors (Lipinski definition) is 3. The monoisotopic (exact) mass is 366 g/mol. The molecule has 0 N–H and O–H groups in total. The number of carbonyl (C=O) groups is 2. The number of thiophene rings is 1. The summed E-state index contributed by atoms with van der Waals surface area (Å²) < 4.78 is 0. The predicted octanol–water partition coefficient (Wildman–Crippen LogP) is 4.38. The zero-order valence-corrected chi connectivity index (χ0v) is 15.6. The summed E-state index contributed by atoms with van der Waals surface area (Å²) in [6.07, 6.45) is 6.12. The van der Waals surface area contributed by atoms with E-state index in [9.17, 15) is 9.59 Å². The molecule has 1 aromatic carbocycles. The Balaban J connectivity index is 1.59. The Morgan fingerprint density at radius 1 is 1.23 bits per heavy atom. The molecule has 2 amide bonds. The topological polar surface area (TPSA) is 40.6 Å². The Morgan fingerprint density at radius 2 is 2.08 bits per heavy atom. The van der Waals surface area contributed by atoms with Crippen LogP contribution in [0.25, 0.3) is 6.08 Å². The minimum atomic E-state index is -0.232. The van der Waals surface area contributed by atoms with E-state index in [1.54, 1.807) is 23.2 Å². The van der Waals surface area contributed by atoms with E-state index in [0.717, 1.165) is 30.5 Å². The molecule has 2 atom stereocenters. The van der Waals surface area contributed by atoms with E-state index in [0.29, 0.717) is 6.42 Å². The number of hydrogen-bond donors (Lipinski definition) is 0. The van der Waals surface area contributed by atoms with Gasteiger partial charge in [-0.05, 0) is 52.4 Å². The van der Waals surface area contributed by atoms with Crippen molar-refractivity contribution in [3.05, 3.63) is 64.0 Å². The van der Waals surface area contributed by atoms with E-state index in [-0.39, 0.29) is 23.9 Å². The Kier molecular flexibility index (Phi) is 4.64. The summed E-state index contributed by atoms with van der Waals surface area (Å²) in [7, 11) is 0. The van der Waals surface area contributed by atoms with Crippen molar-refractivity contribution in [1.29, 1.82) is 0 Å². The number of rotatable bonds is 3. The summed E-state index contributed by atoms with van der Waals surface area (Å²) in [4.78, 5) is 29.0. The quantitative estimate of drug-likeness (QED) is 0.809. The summed E-state index contributed by atoms with van der Waals surface area (Å²) >= 11 is 1.67. The van der Waals surface area contributed by atoms with Crippen LogP contribution in [-0.4, -0.2) is 28.2 Å². The molecule has 0 saturated carbocycles. The maximum Gasteiger partial charge on any atom is 0.225 e. The third-order valence-electron chi connectivity index (χ3n) is 5.34. The van der Waals surface area contributed by atoms with E-state index in [1.165, 1.54) is 5.56 Å². The van der Waals surface area contributed by atoms with Gasteiger partial charge < -0.3 is 9.80 Å². The normalized spacial score (nSPS) is 21.7. The van der Waals surface area contributed by atoms with Crippen molar-refractivity contribution in [2.45, 2.75) is 38.3 Å². The van der Waals surface area contributed by atoms with Crippen molar-refractivity contribution in [3.8, 4) is 0 Å². The Labute approximate surface area is 157 Å². The van der Waals surface area contributed by atoms with Crippen LogP contribution in [-0.2, 0) is 9.59 Å². The molecule has 2 aromatic rings. The lowest BCUT2D eigenvalue weighted by molar-refractivity contribution is -0.135. The Morgan fingerprint density at radius 3 is 2.85 bits per heavy atom. The second kappa shape index (κ2) is 7.08. The van der Waals surface area contributed by atoms with Crippen molar-refractivity contribution in [2.75, 3.05) is 6.54 Å². The molecule has 0 radical (unpaired) electrons. The van der Waals surface area contributed by atoms with Gasteiger partial charge in [-0.2, -0.15) is 11.3 Å². The molecule has 1 aromatic heterocycles. The number of likely N-dealkylation sites (tertiary alicyclic amines) is 1.